The molecule has 1 amide bonds. The van der Waals surface area contributed by atoms with Gasteiger partial charge in [-0.2, -0.15) is 0 Å². The second-order valence-electron chi connectivity index (χ2n) is 6.93. The molecule has 9 heteroatoms. The molecule has 7 nitrogen and oxygen atoms in total. The molecule has 4 rings (SSSR count). The number of ether oxygens (including phenoxy) is 3. The molecule has 2 heterocycles. The van der Waals surface area contributed by atoms with Gasteiger partial charge in [0.1, 0.15) is 17.5 Å². The molecule has 0 bridgehead atoms. The highest BCUT2D eigenvalue weighted by molar-refractivity contribution is 9.10. The number of fused-ring (bicyclic) bond motifs is 1. The molecule has 0 aromatic heterocycles. The number of amidine groups is 1. The highest BCUT2D eigenvalue weighted by Crippen LogP contribution is 2.48. The molecule has 0 radical (unpaired) electrons. The molecule has 0 aliphatic carbocycles. The first-order valence-corrected chi connectivity index (χ1v) is 11.7. The molecule has 1 atom stereocenters. The molecule has 1 saturated heterocycles. The first-order chi connectivity index (χ1) is 15.5. The van der Waals surface area contributed by atoms with E-state index in [1.807, 2.05) is 36.4 Å². The van der Waals surface area contributed by atoms with Gasteiger partial charge in [0.25, 0.3) is 0 Å². The highest BCUT2D eigenvalue weighted by Gasteiger charge is 2.45. The van der Waals surface area contributed by atoms with Crippen molar-refractivity contribution in [2.45, 2.75) is 13.0 Å². The normalized spacial score (nSPS) is 17.8. The number of esters is 1. The Morgan fingerprint density at radius 1 is 1.19 bits per heavy atom. The van der Waals surface area contributed by atoms with Gasteiger partial charge in [-0.25, -0.2) is 9.79 Å². The van der Waals surface area contributed by atoms with Crippen molar-refractivity contribution in [3.63, 3.8) is 0 Å². The van der Waals surface area contributed by atoms with Crippen LogP contribution in [0.15, 0.2) is 57.5 Å². The van der Waals surface area contributed by atoms with Crippen LogP contribution >= 0.6 is 27.7 Å². The van der Waals surface area contributed by atoms with Crippen molar-refractivity contribution in [1.82, 2.24) is 4.90 Å². The van der Waals surface area contributed by atoms with Crippen LogP contribution in [0.2, 0.25) is 0 Å². The number of hydrogen-bond acceptors (Lipinski definition) is 7. The standard InChI is InChI=1S/C23H21BrN2O5S/c1-4-31-22(28)19-20(13-8-6-5-7-9-13)25-23-26(18(27)12-32-23)21(19)14-10-15(24)17(30-3)11-16(14)29-2/h5-11,21H,4,12H2,1-3H3/t21-/m0/s1. The lowest BCUT2D eigenvalue weighted by molar-refractivity contribution is -0.139. The monoisotopic (exact) mass is 516 g/mol. The van der Waals surface area contributed by atoms with Gasteiger partial charge in [-0.15, -0.1) is 0 Å². The number of aliphatic imine (C=N–C) groups is 1. The van der Waals surface area contributed by atoms with E-state index in [4.69, 9.17) is 19.2 Å². The maximum Gasteiger partial charge on any atom is 0.338 e. The fourth-order valence-electron chi connectivity index (χ4n) is 3.75. The van der Waals surface area contributed by atoms with Crippen LogP contribution < -0.4 is 9.47 Å². The quantitative estimate of drug-likeness (QED) is 0.528. The summed E-state index contributed by atoms with van der Waals surface area (Å²) in [5.41, 5.74) is 2.16. The lowest BCUT2D eigenvalue weighted by atomic mass is 9.91. The smallest absolute Gasteiger partial charge is 0.338 e. The third kappa shape index (κ3) is 3.91. The van der Waals surface area contributed by atoms with E-state index in [9.17, 15) is 9.59 Å². The Balaban J connectivity index is 2.02. The van der Waals surface area contributed by atoms with Crippen molar-refractivity contribution < 1.29 is 23.8 Å². The number of methoxy groups -OCH3 is 2. The summed E-state index contributed by atoms with van der Waals surface area (Å²) in [5, 5.41) is 0.542. The van der Waals surface area contributed by atoms with E-state index in [1.165, 1.54) is 18.9 Å². The Kier molecular flexibility index (Phi) is 6.57. The molecule has 2 aliphatic heterocycles. The number of carbonyl (C=O) groups excluding carboxylic acids is 2. The largest absolute Gasteiger partial charge is 0.496 e. The molecule has 0 unspecified atom stereocenters. The zero-order valence-electron chi connectivity index (χ0n) is 17.8. The SMILES string of the molecule is CCOC(=O)C1=C(c2ccccc2)N=C2SCC(=O)N2[C@H]1c1cc(Br)c(OC)cc1OC. The fraction of sp³-hybridized carbons (Fsp3) is 0.261. The van der Waals surface area contributed by atoms with Crippen LogP contribution in [-0.2, 0) is 14.3 Å². The van der Waals surface area contributed by atoms with Crippen molar-refractivity contribution in [1.29, 1.82) is 0 Å². The fourth-order valence-corrected chi connectivity index (χ4v) is 5.17. The zero-order chi connectivity index (χ0) is 22.8. The van der Waals surface area contributed by atoms with Gasteiger partial charge in [-0.1, -0.05) is 42.1 Å². The number of carbonyl (C=O) groups is 2. The minimum Gasteiger partial charge on any atom is -0.496 e. The van der Waals surface area contributed by atoms with Crippen LogP contribution in [-0.4, -0.2) is 48.5 Å². The zero-order valence-corrected chi connectivity index (χ0v) is 20.2. The van der Waals surface area contributed by atoms with Gasteiger partial charge in [0, 0.05) is 17.2 Å². The van der Waals surface area contributed by atoms with Gasteiger partial charge in [0.05, 0.1) is 42.3 Å². The number of nitrogens with zero attached hydrogens (tertiary/aromatic N) is 2. The maximum absolute atomic E-state index is 13.3. The maximum atomic E-state index is 13.3. The van der Waals surface area contributed by atoms with Crippen LogP contribution in [0.4, 0.5) is 0 Å². The van der Waals surface area contributed by atoms with Gasteiger partial charge in [0.15, 0.2) is 5.17 Å². The van der Waals surface area contributed by atoms with E-state index >= 15 is 0 Å². The molecular weight excluding hydrogens is 496 g/mol. The van der Waals surface area contributed by atoms with Crippen LogP contribution in [0.3, 0.4) is 0 Å². The molecule has 0 N–H and O–H groups in total. The van der Waals surface area contributed by atoms with Crippen LogP contribution in [0.1, 0.15) is 24.1 Å². The second kappa shape index (κ2) is 9.38. The summed E-state index contributed by atoms with van der Waals surface area (Å²) < 4.78 is 17.1. The van der Waals surface area contributed by atoms with E-state index < -0.39 is 12.0 Å². The summed E-state index contributed by atoms with van der Waals surface area (Å²) in [6, 6.07) is 12.2. The first-order valence-electron chi connectivity index (χ1n) is 9.91. The molecule has 166 valence electrons. The molecule has 2 aliphatic rings. The number of halogens is 1. The summed E-state index contributed by atoms with van der Waals surface area (Å²) in [7, 11) is 3.10. The lowest BCUT2D eigenvalue weighted by Gasteiger charge is -2.34. The van der Waals surface area contributed by atoms with Crippen molar-refractivity contribution in [2.24, 2.45) is 4.99 Å². The Bertz CT molecular complexity index is 1130. The van der Waals surface area contributed by atoms with Crippen molar-refractivity contribution in [3.05, 3.63) is 63.6 Å². The van der Waals surface area contributed by atoms with Crippen molar-refractivity contribution in [3.8, 4) is 11.5 Å². The predicted molar refractivity (Wildman–Crippen MR) is 127 cm³/mol. The highest BCUT2D eigenvalue weighted by atomic mass is 79.9. The molecule has 1 fully saturated rings. The van der Waals surface area contributed by atoms with E-state index in [-0.39, 0.29) is 23.8 Å². The average Bonchev–Trinajstić information content (AvgIpc) is 3.18. The molecule has 0 spiro atoms. The molecule has 32 heavy (non-hydrogen) atoms. The Morgan fingerprint density at radius 3 is 2.56 bits per heavy atom. The van der Waals surface area contributed by atoms with Gasteiger partial charge >= 0.3 is 5.97 Å². The summed E-state index contributed by atoms with van der Waals surface area (Å²) in [5.74, 6) is 0.629. The van der Waals surface area contributed by atoms with E-state index in [1.54, 1.807) is 25.0 Å². The molecule has 2 aromatic rings. The van der Waals surface area contributed by atoms with Crippen molar-refractivity contribution in [2.75, 3.05) is 26.6 Å². The van der Waals surface area contributed by atoms with E-state index in [2.05, 4.69) is 15.9 Å². The first kappa shape index (κ1) is 22.4. The van der Waals surface area contributed by atoms with E-state index in [0.717, 1.165) is 5.56 Å². The number of hydrogen-bond donors (Lipinski definition) is 0. The van der Waals surface area contributed by atoms with Gasteiger partial charge in [0.2, 0.25) is 5.91 Å². The Hall–Kier alpha value is -2.78. The lowest BCUT2D eigenvalue weighted by Crippen LogP contribution is -2.39. The topological polar surface area (TPSA) is 77.4 Å². The Morgan fingerprint density at radius 2 is 1.91 bits per heavy atom. The van der Waals surface area contributed by atoms with Crippen LogP contribution in [0.5, 0.6) is 11.5 Å². The molecule has 0 saturated carbocycles. The van der Waals surface area contributed by atoms with Crippen LogP contribution in [0, 0.1) is 0 Å². The summed E-state index contributed by atoms with van der Waals surface area (Å²) in [6.45, 7) is 1.94. The van der Waals surface area contributed by atoms with Gasteiger partial charge in [-0.05, 0) is 28.9 Å². The number of benzene rings is 2. The summed E-state index contributed by atoms with van der Waals surface area (Å²) in [6.07, 6.45) is 0. The van der Waals surface area contributed by atoms with Gasteiger partial charge in [-0.3, -0.25) is 9.69 Å². The molecular formula is C23H21BrN2O5S. The number of rotatable bonds is 6. The average molecular weight is 517 g/mol. The Labute approximate surface area is 198 Å². The minimum absolute atomic E-state index is 0.137. The summed E-state index contributed by atoms with van der Waals surface area (Å²) in [4.78, 5) is 32.5. The third-order valence-electron chi connectivity index (χ3n) is 5.14. The third-order valence-corrected chi connectivity index (χ3v) is 6.69. The predicted octanol–water partition coefficient (Wildman–Crippen LogP) is 4.43. The minimum atomic E-state index is -0.767. The van der Waals surface area contributed by atoms with Crippen LogP contribution in [0.25, 0.3) is 5.70 Å². The number of thioether (sulfide) groups is 1. The second-order valence-corrected chi connectivity index (χ2v) is 8.72. The van der Waals surface area contributed by atoms with Crippen molar-refractivity contribution >= 4 is 50.4 Å². The number of amides is 1. The summed E-state index contributed by atoms with van der Waals surface area (Å²) >= 11 is 4.87. The van der Waals surface area contributed by atoms with E-state index in [0.29, 0.717) is 32.4 Å². The van der Waals surface area contributed by atoms with Gasteiger partial charge < -0.3 is 14.2 Å². The molecule has 2 aromatic carbocycles.